The Hall–Kier alpha value is -2.02. The van der Waals surface area contributed by atoms with Crippen LogP contribution in [0.5, 0.6) is 5.88 Å². The van der Waals surface area contributed by atoms with Crippen molar-refractivity contribution in [2.75, 3.05) is 16.8 Å². The van der Waals surface area contributed by atoms with Crippen molar-refractivity contribution in [1.82, 2.24) is 10.1 Å². The molecule has 0 unspecified atom stereocenters. The fraction of sp³-hybridized carbons (Fsp3) is 0.471. The van der Waals surface area contributed by atoms with Crippen molar-refractivity contribution in [3.8, 4) is 5.88 Å². The number of pyridine rings is 1. The van der Waals surface area contributed by atoms with Crippen LogP contribution < -0.4 is 10.1 Å². The molecule has 0 aliphatic carbocycles. The first-order valence-electron chi connectivity index (χ1n) is 7.91. The SMILES string of the molecule is CC(C)(C)c1cc(NC(=O)c2ccnc(O[C@H]3CCSC3)c2)on1. The van der Waals surface area contributed by atoms with E-state index in [0.29, 0.717) is 17.3 Å². The number of nitrogens with zero attached hydrogens (tertiary/aromatic N) is 2. The number of anilines is 1. The summed E-state index contributed by atoms with van der Waals surface area (Å²) in [5.74, 6) is 2.59. The molecule has 0 saturated carbocycles. The van der Waals surface area contributed by atoms with Gasteiger partial charge in [-0.3, -0.25) is 10.1 Å². The molecule has 1 aliphatic heterocycles. The highest BCUT2D eigenvalue weighted by Crippen LogP contribution is 2.25. The number of ether oxygens (including phenoxy) is 1. The number of carbonyl (C=O) groups excluding carboxylic acids is 1. The number of hydrogen-bond donors (Lipinski definition) is 1. The Morgan fingerprint density at radius 1 is 1.42 bits per heavy atom. The van der Waals surface area contributed by atoms with Gasteiger partial charge in [-0.2, -0.15) is 11.8 Å². The van der Waals surface area contributed by atoms with Crippen LogP contribution in [0.4, 0.5) is 5.88 Å². The van der Waals surface area contributed by atoms with Crippen LogP contribution in [0.2, 0.25) is 0 Å². The van der Waals surface area contributed by atoms with Crippen LogP contribution in [-0.2, 0) is 5.41 Å². The molecule has 3 rings (SSSR count). The summed E-state index contributed by atoms with van der Waals surface area (Å²) < 4.78 is 11.0. The summed E-state index contributed by atoms with van der Waals surface area (Å²) in [6.07, 6.45) is 2.76. The third kappa shape index (κ3) is 4.08. The number of nitrogens with one attached hydrogen (secondary N) is 1. The third-order valence-corrected chi connectivity index (χ3v) is 4.82. The van der Waals surface area contributed by atoms with Crippen molar-refractivity contribution in [3.05, 3.63) is 35.7 Å². The maximum absolute atomic E-state index is 12.4. The lowest BCUT2D eigenvalue weighted by atomic mass is 9.92. The molecular weight excluding hydrogens is 326 g/mol. The van der Waals surface area contributed by atoms with E-state index in [0.717, 1.165) is 23.6 Å². The highest BCUT2D eigenvalue weighted by Gasteiger charge is 2.21. The Balaban J connectivity index is 1.67. The maximum atomic E-state index is 12.4. The third-order valence-electron chi connectivity index (χ3n) is 3.69. The number of thioether (sulfide) groups is 1. The highest BCUT2D eigenvalue weighted by atomic mass is 32.2. The molecule has 0 aromatic carbocycles. The molecule has 0 radical (unpaired) electrons. The van der Waals surface area contributed by atoms with Crippen LogP contribution in [-0.4, -0.2) is 33.7 Å². The topological polar surface area (TPSA) is 77.2 Å². The first kappa shape index (κ1) is 16.8. The zero-order valence-corrected chi connectivity index (χ0v) is 14.9. The predicted octanol–water partition coefficient (Wildman–Crippen LogP) is 3.50. The molecule has 1 N–H and O–H groups in total. The summed E-state index contributed by atoms with van der Waals surface area (Å²) in [4.78, 5) is 16.6. The van der Waals surface area contributed by atoms with Gasteiger partial charge in [-0.15, -0.1) is 0 Å². The smallest absolute Gasteiger partial charge is 0.258 e. The maximum Gasteiger partial charge on any atom is 0.258 e. The molecule has 1 fully saturated rings. The molecule has 1 saturated heterocycles. The lowest BCUT2D eigenvalue weighted by molar-refractivity contribution is 0.102. The number of rotatable bonds is 4. The van der Waals surface area contributed by atoms with Crippen molar-refractivity contribution in [3.63, 3.8) is 0 Å². The summed E-state index contributed by atoms with van der Waals surface area (Å²) in [6, 6.07) is 5.04. The first-order chi connectivity index (χ1) is 11.4. The predicted molar refractivity (Wildman–Crippen MR) is 93.8 cm³/mol. The van der Waals surface area contributed by atoms with Crippen LogP contribution in [0.25, 0.3) is 0 Å². The highest BCUT2D eigenvalue weighted by molar-refractivity contribution is 7.99. The van der Waals surface area contributed by atoms with E-state index in [-0.39, 0.29) is 17.4 Å². The van der Waals surface area contributed by atoms with Gasteiger partial charge in [-0.25, -0.2) is 4.98 Å². The van der Waals surface area contributed by atoms with Crippen molar-refractivity contribution in [2.45, 2.75) is 38.7 Å². The number of carbonyl (C=O) groups is 1. The summed E-state index contributed by atoms with van der Waals surface area (Å²) in [5.41, 5.74) is 1.12. The van der Waals surface area contributed by atoms with Gasteiger partial charge in [0.1, 0.15) is 6.10 Å². The van der Waals surface area contributed by atoms with Gasteiger partial charge in [0, 0.05) is 35.1 Å². The second-order valence-electron chi connectivity index (χ2n) is 6.77. The molecule has 0 spiro atoms. The summed E-state index contributed by atoms with van der Waals surface area (Å²) in [5, 5.41) is 6.71. The van der Waals surface area contributed by atoms with Gasteiger partial charge in [0.25, 0.3) is 5.91 Å². The van der Waals surface area contributed by atoms with Gasteiger partial charge in [0.2, 0.25) is 11.8 Å². The summed E-state index contributed by atoms with van der Waals surface area (Å²) in [7, 11) is 0. The molecule has 128 valence electrons. The zero-order chi connectivity index (χ0) is 17.2. The average Bonchev–Trinajstić information content (AvgIpc) is 3.18. The molecule has 1 atom stereocenters. The van der Waals surface area contributed by atoms with E-state index >= 15 is 0 Å². The molecule has 2 aromatic heterocycles. The second-order valence-corrected chi connectivity index (χ2v) is 7.92. The Morgan fingerprint density at radius 2 is 2.25 bits per heavy atom. The normalized spacial score (nSPS) is 17.7. The molecular formula is C17H21N3O3S. The number of amides is 1. The lowest BCUT2D eigenvalue weighted by Crippen LogP contribution is -2.17. The summed E-state index contributed by atoms with van der Waals surface area (Å²) >= 11 is 1.87. The fourth-order valence-electron chi connectivity index (χ4n) is 2.26. The number of aromatic nitrogens is 2. The Labute approximate surface area is 145 Å². The molecule has 2 aromatic rings. The van der Waals surface area contributed by atoms with Crippen LogP contribution in [0, 0.1) is 0 Å². The molecule has 6 nitrogen and oxygen atoms in total. The fourth-order valence-corrected chi connectivity index (χ4v) is 3.36. The molecule has 0 bridgehead atoms. The van der Waals surface area contributed by atoms with E-state index in [1.165, 1.54) is 0 Å². The van der Waals surface area contributed by atoms with Gasteiger partial charge in [-0.1, -0.05) is 25.9 Å². The van der Waals surface area contributed by atoms with Gasteiger partial charge in [0.15, 0.2) is 0 Å². The number of hydrogen-bond acceptors (Lipinski definition) is 6. The minimum atomic E-state index is -0.278. The van der Waals surface area contributed by atoms with Crippen molar-refractivity contribution < 1.29 is 14.1 Å². The van der Waals surface area contributed by atoms with E-state index in [1.54, 1.807) is 24.4 Å². The molecule has 1 aliphatic rings. The summed E-state index contributed by atoms with van der Waals surface area (Å²) in [6.45, 7) is 6.10. The van der Waals surface area contributed by atoms with Crippen LogP contribution in [0.3, 0.4) is 0 Å². The van der Waals surface area contributed by atoms with Gasteiger partial charge < -0.3 is 9.26 Å². The minimum absolute atomic E-state index is 0.135. The molecule has 24 heavy (non-hydrogen) atoms. The van der Waals surface area contributed by atoms with Crippen molar-refractivity contribution in [2.24, 2.45) is 0 Å². The quantitative estimate of drug-likeness (QED) is 0.912. The van der Waals surface area contributed by atoms with E-state index in [2.05, 4.69) is 15.5 Å². The average molecular weight is 347 g/mol. The van der Waals surface area contributed by atoms with E-state index < -0.39 is 0 Å². The standard InChI is InChI=1S/C17H21N3O3S/c1-17(2,3)13-9-15(23-20-13)19-16(21)11-4-6-18-14(8-11)22-12-5-7-24-10-12/h4,6,8-9,12H,5,7,10H2,1-3H3,(H,19,21)/t12-/m0/s1. The van der Waals surface area contributed by atoms with E-state index in [1.807, 2.05) is 32.5 Å². The Morgan fingerprint density at radius 3 is 2.92 bits per heavy atom. The molecule has 3 heterocycles. The van der Waals surface area contributed by atoms with Crippen molar-refractivity contribution in [1.29, 1.82) is 0 Å². The van der Waals surface area contributed by atoms with Crippen LogP contribution >= 0.6 is 11.8 Å². The molecule has 7 heteroatoms. The van der Waals surface area contributed by atoms with Crippen LogP contribution in [0.1, 0.15) is 43.2 Å². The zero-order valence-electron chi connectivity index (χ0n) is 14.0. The Bertz CT molecular complexity index is 718. The van der Waals surface area contributed by atoms with Crippen molar-refractivity contribution >= 4 is 23.6 Å². The second kappa shape index (κ2) is 6.84. The van der Waals surface area contributed by atoms with E-state index in [4.69, 9.17) is 9.26 Å². The lowest BCUT2D eigenvalue weighted by Gasteiger charge is -2.12. The molecule has 1 amide bonds. The Kier molecular flexibility index (Phi) is 4.80. The monoisotopic (exact) mass is 347 g/mol. The first-order valence-corrected chi connectivity index (χ1v) is 9.06. The van der Waals surface area contributed by atoms with E-state index in [9.17, 15) is 4.79 Å². The largest absolute Gasteiger partial charge is 0.473 e. The van der Waals surface area contributed by atoms with Gasteiger partial charge in [0.05, 0.1) is 5.69 Å². The van der Waals surface area contributed by atoms with Crippen LogP contribution in [0.15, 0.2) is 28.9 Å². The van der Waals surface area contributed by atoms with Gasteiger partial charge >= 0.3 is 0 Å². The minimum Gasteiger partial charge on any atom is -0.473 e. The van der Waals surface area contributed by atoms with Gasteiger partial charge in [-0.05, 0) is 18.2 Å².